The summed E-state index contributed by atoms with van der Waals surface area (Å²) in [7, 11) is -10.5. The lowest BCUT2D eigenvalue weighted by atomic mass is 9.82. The zero-order valence-electron chi connectivity index (χ0n) is 23.6. The van der Waals surface area contributed by atoms with Crippen LogP contribution in [-0.4, -0.2) is 50.1 Å². The third-order valence-corrected chi connectivity index (χ3v) is 9.64. The molecule has 1 aromatic rings. The van der Waals surface area contributed by atoms with Crippen molar-refractivity contribution in [2.75, 3.05) is 12.3 Å². The average molecular weight is 633 g/mol. The Morgan fingerprint density at radius 2 is 1.70 bits per heavy atom. The topological polar surface area (TPSA) is 237 Å². The van der Waals surface area contributed by atoms with Crippen LogP contribution in [0.4, 0.5) is 5.69 Å². The maximum Gasteiger partial charge on any atom is 0.160 e. The van der Waals surface area contributed by atoms with Crippen LogP contribution in [0.1, 0.15) is 57.4 Å². The number of nitrogens with two attached hydrogens (primary N) is 2. The van der Waals surface area contributed by atoms with E-state index >= 15 is 0 Å². The predicted octanol–water partition coefficient (Wildman–Crippen LogP) is 1.59. The number of carbonyl (C=O) groups is 2. The van der Waals surface area contributed by atoms with Crippen molar-refractivity contribution >= 4 is 43.1 Å². The fraction of sp³-hybridized carbons (Fsp3) is 0.379. The normalized spacial score (nSPS) is 20.5. The van der Waals surface area contributed by atoms with E-state index in [4.69, 9.17) is 16.2 Å². The number of Topliss-reactive ketones (excluding diaryl/α,β-unsaturated/α-hetero) is 2. The third kappa shape index (κ3) is 6.74. The van der Waals surface area contributed by atoms with E-state index in [1.807, 2.05) is 0 Å². The first-order chi connectivity index (χ1) is 20.2. The van der Waals surface area contributed by atoms with Crippen molar-refractivity contribution in [1.82, 2.24) is 0 Å². The Morgan fingerprint density at radius 1 is 1.02 bits per heavy atom. The van der Waals surface area contributed by atoms with Crippen molar-refractivity contribution in [2.24, 2.45) is 11.7 Å². The highest BCUT2D eigenvalue weighted by molar-refractivity contribution is 7.89. The van der Waals surface area contributed by atoms with Gasteiger partial charge in [-0.2, -0.15) is 0 Å². The fourth-order valence-corrected chi connectivity index (χ4v) is 7.18. The number of ketones is 2. The number of unbranched alkanes of at least 4 members (excludes halogenated alkanes) is 3. The molecule has 7 N–H and O–H groups in total. The van der Waals surface area contributed by atoms with Crippen LogP contribution in [0, 0.1) is 5.92 Å². The molecule has 43 heavy (non-hydrogen) atoms. The van der Waals surface area contributed by atoms with E-state index < -0.39 is 59.2 Å². The molecule has 232 valence electrons. The Morgan fingerprint density at radius 3 is 2.33 bits per heavy atom. The van der Waals surface area contributed by atoms with Gasteiger partial charge in [-0.3, -0.25) is 9.59 Å². The first-order valence-corrected chi connectivity index (χ1v) is 16.7. The average Bonchev–Trinajstić information content (AvgIpc) is 3.13. The molecule has 0 fully saturated rings. The Labute approximate surface area is 250 Å². The summed E-state index contributed by atoms with van der Waals surface area (Å²) in [4.78, 5) is 24.4. The summed E-state index contributed by atoms with van der Waals surface area (Å²) in [6.07, 6.45) is 10.4. The van der Waals surface area contributed by atoms with Gasteiger partial charge in [-0.15, -0.1) is 0 Å². The minimum Gasteiger partial charge on any atom is -0.744 e. The van der Waals surface area contributed by atoms with Gasteiger partial charge in [0.05, 0.1) is 5.69 Å². The molecule has 2 unspecified atom stereocenters. The molecule has 2 aliphatic carbocycles. The highest BCUT2D eigenvalue weighted by Crippen LogP contribution is 2.50. The van der Waals surface area contributed by atoms with E-state index in [1.165, 1.54) is 31.2 Å². The second-order valence-electron chi connectivity index (χ2n) is 10.7. The molecule has 0 bridgehead atoms. The van der Waals surface area contributed by atoms with Crippen LogP contribution >= 0.6 is 0 Å². The molecule has 14 heteroatoms. The van der Waals surface area contributed by atoms with Crippen LogP contribution in [0.2, 0.25) is 0 Å². The summed E-state index contributed by atoms with van der Waals surface area (Å²) in [5.74, 6) is -1.85. The lowest BCUT2D eigenvalue weighted by molar-refractivity contribution is -0.389. The molecule has 0 aromatic heterocycles. The van der Waals surface area contributed by atoms with Crippen molar-refractivity contribution < 1.29 is 46.0 Å². The number of ether oxygens (including phenoxy) is 1. The van der Waals surface area contributed by atoms with Gasteiger partial charge in [0, 0.05) is 34.6 Å². The molecular weight excluding hydrogens is 598 g/mol. The zero-order chi connectivity index (χ0) is 31.7. The lowest BCUT2D eigenvalue weighted by Crippen LogP contribution is -2.62. The van der Waals surface area contributed by atoms with Gasteiger partial charge in [0.2, 0.25) is 0 Å². The molecule has 3 aliphatic rings. The third-order valence-electron chi connectivity index (χ3n) is 7.69. The summed E-state index contributed by atoms with van der Waals surface area (Å²) in [6, 6.07) is 1.40. The maximum absolute atomic E-state index is 13.1. The van der Waals surface area contributed by atoms with Crippen LogP contribution in [0.15, 0.2) is 68.7 Å². The molecule has 1 aromatic carbocycles. The second-order valence-corrected chi connectivity index (χ2v) is 13.4. The van der Waals surface area contributed by atoms with Crippen molar-refractivity contribution in [3.63, 3.8) is 0 Å². The van der Waals surface area contributed by atoms with E-state index in [2.05, 4.69) is 5.73 Å². The quantitative estimate of drug-likeness (QED) is 0.180. The van der Waals surface area contributed by atoms with Crippen LogP contribution in [0.3, 0.4) is 0 Å². The van der Waals surface area contributed by atoms with Gasteiger partial charge in [0.25, 0.3) is 0 Å². The summed E-state index contributed by atoms with van der Waals surface area (Å²) < 4.78 is 79.8. The predicted molar refractivity (Wildman–Crippen MR) is 156 cm³/mol. The summed E-state index contributed by atoms with van der Waals surface area (Å²) in [5, 5.41) is 0. The Bertz CT molecular complexity index is 1730. The maximum atomic E-state index is 13.1. The minimum absolute atomic E-state index is 0.0275. The number of rotatable bonds is 11. The van der Waals surface area contributed by atoms with Crippen molar-refractivity contribution in [1.29, 1.82) is 0 Å². The number of anilines is 1. The molecule has 4 rings (SSSR count). The number of quaternary nitrogens is 1. The van der Waals surface area contributed by atoms with Gasteiger partial charge in [0.1, 0.15) is 41.9 Å². The van der Waals surface area contributed by atoms with Gasteiger partial charge in [-0.25, -0.2) is 16.8 Å². The SMILES string of the molecule is CC(=O)C1=CCC(C(=O)CCCCCCN)CC=C1C1=C2C=CC([NH3+])C(S(=O)(=O)[O-])=C2Oc2c1ccc(N)c2S(=O)(=O)[O-]. The van der Waals surface area contributed by atoms with E-state index in [0.29, 0.717) is 19.4 Å². The van der Waals surface area contributed by atoms with Gasteiger partial charge >= 0.3 is 0 Å². The van der Waals surface area contributed by atoms with Crippen molar-refractivity contribution in [2.45, 2.75) is 62.8 Å². The Balaban J connectivity index is 1.94. The number of fused-ring (bicyclic) bond motifs is 2. The van der Waals surface area contributed by atoms with Gasteiger partial charge in [0.15, 0.2) is 17.3 Å². The number of allylic oxidation sites excluding steroid dienone is 6. The summed E-state index contributed by atoms with van der Waals surface area (Å²) >= 11 is 0. The fourth-order valence-electron chi connectivity index (χ4n) is 5.62. The van der Waals surface area contributed by atoms with Crippen LogP contribution in [0.5, 0.6) is 5.75 Å². The number of hydrogen-bond acceptors (Lipinski definition) is 11. The number of benzene rings is 1. The largest absolute Gasteiger partial charge is 0.744 e. The van der Waals surface area contributed by atoms with Crippen LogP contribution in [0.25, 0.3) is 5.57 Å². The highest BCUT2D eigenvalue weighted by Gasteiger charge is 2.38. The smallest absolute Gasteiger partial charge is 0.160 e. The number of hydrogen-bond donors (Lipinski definition) is 3. The molecule has 12 nitrogen and oxygen atoms in total. The molecule has 0 saturated carbocycles. The first-order valence-electron chi connectivity index (χ1n) is 13.8. The highest BCUT2D eigenvalue weighted by atomic mass is 32.2. The van der Waals surface area contributed by atoms with Crippen molar-refractivity contribution in [3.8, 4) is 5.75 Å². The molecule has 2 atom stereocenters. The standard InChI is InChI=1S/C29H35N3O9S2/c1-16(33)18-9-7-17(24(34)6-4-2-3-5-15-30)8-10-19(18)25-20-11-13-22(31)28(42(35,36)37)26(20)41-27-21(25)12-14-23(32)29(27)43(38,39)40/h9-14,17,22H,2-8,15,30-32H2,1H3,(H,35,36,37)(H,38,39,40)/p-1. The van der Waals surface area contributed by atoms with Gasteiger partial charge in [-0.05, 0) is 69.0 Å². The molecule has 1 heterocycles. The molecular formula is C29H34N3O9S2-. The number of carbonyl (C=O) groups excluding carboxylic acids is 2. The van der Waals surface area contributed by atoms with Crippen LogP contribution in [-0.2, 0) is 29.8 Å². The van der Waals surface area contributed by atoms with E-state index in [-0.39, 0.29) is 52.3 Å². The molecule has 0 radical (unpaired) electrons. The van der Waals surface area contributed by atoms with E-state index in [1.54, 1.807) is 12.2 Å². The van der Waals surface area contributed by atoms with E-state index in [0.717, 1.165) is 19.3 Å². The Hall–Kier alpha value is -3.40. The monoisotopic (exact) mass is 632 g/mol. The van der Waals surface area contributed by atoms with Crippen LogP contribution < -0.4 is 21.9 Å². The summed E-state index contributed by atoms with van der Waals surface area (Å²) in [6.45, 7) is 1.92. The van der Waals surface area contributed by atoms with Gasteiger partial charge in [-0.1, -0.05) is 25.0 Å². The van der Waals surface area contributed by atoms with Gasteiger partial charge < -0.3 is 31.0 Å². The number of nitrogen functional groups attached to an aromatic ring is 1. The molecule has 0 spiro atoms. The molecule has 1 aliphatic heterocycles. The van der Waals surface area contributed by atoms with Crippen molar-refractivity contribution in [3.05, 3.63) is 69.4 Å². The van der Waals surface area contributed by atoms with E-state index in [9.17, 15) is 35.5 Å². The second kappa shape index (κ2) is 12.7. The molecule has 0 amide bonds. The first kappa shape index (κ1) is 32.5. The molecule has 0 saturated heterocycles. The Kier molecular flexibility index (Phi) is 9.59. The minimum atomic E-state index is -5.26. The summed E-state index contributed by atoms with van der Waals surface area (Å²) in [5.41, 5.74) is 15.4. The lowest BCUT2D eigenvalue weighted by Gasteiger charge is -2.33. The zero-order valence-corrected chi connectivity index (χ0v) is 25.3.